The zero-order valence-corrected chi connectivity index (χ0v) is 16.9. The monoisotopic (exact) mass is 366 g/mol. The van der Waals surface area contributed by atoms with E-state index >= 15 is 0 Å². The molecule has 4 nitrogen and oxygen atoms in total. The van der Waals surface area contributed by atoms with Gasteiger partial charge in [-0.1, -0.05) is 17.7 Å². The van der Waals surface area contributed by atoms with Gasteiger partial charge in [0, 0.05) is 5.56 Å². The predicted octanol–water partition coefficient (Wildman–Crippen LogP) is 4.11. The molecule has 1 saturated heterocycles. The molecule has 1 aromatic carbocycles. The lowest BCUT2D eigenvalue weighted by Crippen LogP contribution is -2.80. The number of nitrogens with zero attached hydrogens (tertiary/aromatic N) is 2. The molecule has 5 aliphatic rings. The molecule has 5 fully saturated rings. The highest BCUT2D eigenvalue weighted by Crippen LogP contribution is 2.57. The Morgan fingerprint density at radius 2 is 1.59 bits per heavy atom. The van der Waals surface area contributed by atoms with Crippen LogP contribution in [0.5, 0.6) is 0 Å². The third-order valence-corrected chi connectivity index (χ3v) is 7.75. The van der Waals surface area contributed by atoms with Crippen LogP contribution in [-0.2, 0) is 4.79 Å². The van der Waals surface area contributed by atoms with Crippen molar-refractivity contribution < 1.29 is 9.59 Å². The lowest BCUT2D eigenvalue weighted by Gasteiger charge is -2.65. The van der Waals surface area contributed by atoms with Crippen LogP contribution in [0.2, 0.25) is 0 Å². The number of rotatable bonds is 2. The van der Waals surface area contributed by atoms with Crippen LogP contribution in [0.4, 0.5) is 0 Å². The third-order valence-electron chi connectivity index (χ3n) is 7.75. The minimum absolute atomic E-state index is 0.0189. The molecule has 6 rings (SSSR count). The zero-order chi connectivity index (χ0) is 19.1. The van der Waals surface area contributed by atoms with E-state index in [9.17, 15) is 9.59 Å². The van der Waals surface area contributed by atoms with Crippen molar-refractivity contribution in [3.8, 4) is 0 Å². The van der Waals surface area contributed by atoms with E-state index in [0.29, 0.717) is 11.8 Å². The van der Waals surface area contributed by atoms with Crippen molar-refractivity contribution in [3.05, 3.63) is 34.9 Å². The molecule has 1 aromatic rings. The number of carbonyl (C=O) groups is 2. The lowest BCUT2D eigenvalue weighted by molar-refractivity contribution is -0.230. The van der Waals surface area contributed by atoms with E-state index in [1.165, 1.54) is 32.1 Å². The fourth-order valence-electron chi connectivity index (χ4n) is 6.68. The van der Waals surface area contributed by atoms with Crippen molar-refractivity contribution in [2.75, 3.05) is 0 Å². The number of aryl methyl sites for hydroxylation is 2. The summed E-state index contributed by atoms with van der Waals surface area (Å²) >= 11 is 0. The van der Waals surface area contributed by atoms with Crippen molar-refractivity contribution >= 4 is 11.8 Å². The fraction of sp³-hybridized carbons (Fsp3) is 0.652. The van der Waals surface area contributed by atoms with Gasteiger partial charge in [0.25, 0.3) is 11.8 Å². The molecule has 2 amide bonds. The minimum Gasteiger partial charge on any atom is -0.270 e. The van der Waals surface area contributed by atoms with E-state index in [0.717, 1.165) is 28.5 Å². The Morgan fingerprint density at radius 3 is 2.19 bits per heavy atom. The Kier molecular flexibility index (Phi) is 3.57. The normalized spacial score (nSPS) is 36.1. The van der Waals surface area contributed by atoms with Gasteiger partial charge in [-0.05, 0) is 95.1 Å². The summed E-state index contributed by atoms with van der Waals surface area (Å²) in [6, 6.07) is 6.23. The summed E-state index contributed by atoms with van der Waals surface area (Å²) in [4.78, 5) is 26.7. The second-order valence-corrected chi connectivity index (χ2v) is 10.1. The van der Waals surface area contributed by atoms with Crippen molar-refractivity contribution in [2.24, 2.45) is 23.7 Å². The molecule has 0 spiro atoms. The molecule has 0 unspecified atom stereocenters. The average Bonchev–Trinajstić information content (AvgIpc) is 2.61. The van der Waals surface area contributed by atoms with Crippen LogP contribution < -0.4 is 0 Å². The minimum atomic E-state index is -0.748. The van der Waals surface area contributed by atoms with Crippen molar-refractivity contribution in [3.63, 3.8) is 0 Å². The van der Waals surface area contributed by atoms with E-state index < -0.39 is 5.54 Å². The van der Waals surface area contributed by atoms with Gasteiger partial charge in [0.15, 0.2) is 0 Å². The summed E-state index contributed by atoms with van der Waals surface area (Å²) in [6.45, 7) is 7.78. The first-order valence-electron chi connectivity index (χ1n) is 10.5. The highest BCUT2D eigenvalue weighted by Gasteiger charge is 2.62. The Balaban J connectivity index is 1.50. The van der Waals surface area contributed by atoms with Gasteiger partial charge < -0.3 is 0 Å². The maximum atomic E-state index is 13.5. The summed E-state index contributed by atoms with van der Waals surface area (Å²) in [5, 5.41) is 3.68. The Bertz CT molecular complexity index is 800. The lowest BCUT2D eigenvalue weighted by atomic mass is 9.53. The largest absolute Gasteiger partial charge is 0.273 e. The molecule has 27 heavy (non-hydrogen) atoms. The smallest absolute Gasteiger partial charge is 0.270 e. The average molecular weight is 367 g/mol. The van der Waals surface area contributed by atoms with Gasteiger partial charge in [-0.2, -0.15) is 0 Å². The number of hydrazine groups is 1. The van der Waals surface area contributed by atoms with Gasteiger partial charge in [0.1, 0.15) is 5.54 Å². The molecule has 1 aliphatic heterocycles. The highest BCUT2D eigenvalue weighted by atomic mass is 16.2. The van der Waals surface area contributed by atoms with Crippen LogP contribution in [0.15, 0.2) is 18.2 Å². The zero-order valence-electron chi connectivity index (χ0n) is 16.9. The van der Waals surface area contributed by atoms with E-state index in [4.69, 9.17) is 0 Å². The van der Waals surface area contributed by atoms with Gasteiger partial charge in [0.05, 0.1) is 6.04 Å². The molecule has 144 valence electrons. The van der Waals surface area contributed by atoms with Crippen LogP contribution >= 0.6 is 0 Å². The van der Waals surface area contributed by atoms with Crippen LogP contribution in [0.3, 0.4) is 0 Å². The van der Waals surface area contributed by atoms with Gasteiger partial charge >= 0.3 is 0 Å². The molecule has 1 heterocycles. The first kappa shape index (κ1) is 17.3. The maximum Gasteiger partial charge on any atom is 0.273 e. The van der Waals surface area contributed by atoms with E-state index in [1.54, 1.807) is 5.01 Å². The van der Waals surface area contributed by atoms with E-state index in [-0.39, 0.29) is 17.9 Å². The van der Waals surface area contributed by atoms with Crippen molar-refractivity contribution in [1.82, 2.24) is 10.0 Å². The Labute approximate surface area is 161 Å². The second kappa shape index (κ2) is 5.59. The predicted molar refractivity (Wildman–Crippen MR) is 104 cm³/mol. The third kappa shape index (κ3) is 2.34. The highest BCUT2D eigenvalue weighted by molar-refractivity contribution is 6.05. The topological polar surface area (TPSA) is 40.6 Å². The standard InChI is InChI=1S/C23H30N2O2/c1-13-5-6-14(2)19(7-13)21(26)25-23(3,4)22(27)24(25)20-17-9-15-8-16(11-17)12-18(20)10-15/h5-7,15-18,20H,8-12H2,1-4H3. The summed E-state index contributed by atoms with van der Waals surface area (Å²) in [5.74, 6) is 2.98. The second-order valence-electron chi connectivity index (χ2n) is 10.1. The molecule has 4 bridgehead atoms. The number of carbonyl (C=O) groups excluding carboxylic acids is 2. The molecule has 0 atom stereocenters. The molecule has 4 aliphatic carbocycles. The number of hydrogen-bond acceptors (Lipinski definition) is 2. The van der Waals surface area contributed by atoms with Crippen LogP contribution in [0, 0.1) is 37.5 Å². The molecule has 0 aromatic heterocycles. The van der Waals surface area contributed by atoms with Gasteiger partial charge in [-0.3, -0.25) is 9.59 Å². The van der Waals surface area contributed by atoms with Crippen LogP contribution in [-0.4, -0.2) is 33.4 Å². The number of amides is 2. The van der Waals surface area contributed by atoms with E-state index in [1.807, 2.05) is 50.9 Å². The number of hydrogen-bond donors (Lipinski definition) is 0. The number of benzene rings is 1. The van der Waals surface area contributed by atoms with Crippen molar-refractivity contribution in [2.45, 2.75) is 71.4 Å². The first-order valence-corrected chi connectivity index (χ1v) is 10.5. The summed E-state index contributed by atoms with van der Waals surface area (Å²) in [5.41, 5.74) is 2.03. The van der Waals surface area contributed by atoms with Crippen molar-refractivity contribution in [1.29, 1.82) is 0 Å². The molecular formula is C23H30N2O2. The van der Waals surface area contributed by atoms with Crippen LogP contribution in [0.1, 0.15) is 67.4 Å². The molecule has 0 N–H and O–H groups in total. The quantitative estimate of drug-likeness (QED) is 0.790. The summed E-state index contributed by atoms with van der Waals surface area (Å²) in [7, 11) is 0. The van der Waals surface area contributed by atoms with Gasteiger partial charge in [-0.15, -0.1) is 0 Å². The molecule has 4 heteroatoms. The molecule has 4 saturated carbocycles. The first-order chi connectivity index (χ1) is 12.8. The Morgan fingerprint density at radius 1 is 1.00 bits per heavy atom. The van der Waals surface area contributed by atoms with E-state index in [2.05, 4.69) is 0 Å². The molecule has 0 radical (unpaired) electrons. The molecular weight excluding hydrogens is 336 g/mol. The van der Waals surface area contributed by atoms with Gasteiger partial charge in [-0.25, -0.2) is 10.0 Å². The fourth-order valence-corrected chi connectivity index (χ4v) is 6.68. The van der Waals surface area contributed by atoms with Gasteiger partial charge in [0.2, 0.25) is 0 Å². The van der Waals surface area contributed by atoms with Crippen LogP contribution in [0.25, 0.3) is 0 Å². The maximum absolute atomic E-state index is 13.5. The Hall–Kier alpha value is -1.84. The summed E-state index contributed by atoms with van der Waals surface area (Å²) in [6.07, 6.45) is 6.37. The summed E-state index contributed by atoms with van der Waals surface area (Å²) < 4.78 is 0. The SMILES string of the molecule is Cc1ccc(C)c(C(=O)N2N(C3C4CC5CC(C4)CC3C5)C(=O)C2(C)C)c1.